The van der Waals surface area contributed by atoms with E-state index in [1.54, 1.807) is 0 Å². The molecule has 2 heterocycles. The summed E-state index contributed by atoms with van der Waals surface area (Å²) in [6.45, 7) is 6.44. The fourth-order valence-corrected chi connectivity index (χ4v) is 6.05. The van der Waals surface area contributed by atoms with Crippen molar-refractivity contribution in [2.45, 2.75) is 56.6 Å². The van der Waals surface area contributed by atoms with Gasteiger partial charge in [-0.2, -0.15) is 4.31 Å². The second kappa shape index (κ2) is 8.48. The van der Waals surface area contributed by atoms with E-state index in [4.69, 9.17) is 4.74 Å². The zero-order chi connectivity index (χ0) is 23.1. The van der Waals surface area contributed by atoms with Crippen LogP contribution in [0.15, 0.2) is 47.4 Å². The second-order valence-electron chi connectivity index (χ2n) is 9.32. The van der Waals surface area contributed by atoms with Crippen LogP contribution in [0.3, 0.4) is 0 Å². The molecule has 2 unspecified atom stereocenters. The van der Waals surface area contributed by atoms with E-state index in [0.717, 1.165) is 29.0 Å². The molecule has 6 nitrogen and oxygen atoms in total. The van der Waals surface area contributed by atoms with Crippen molar-refractivity contribution in [1.29, 1.82) is 0 Å². The molecule has 2 atom stereocenters. The first kappa shape index (κ1) is 22.7. The van der Waals surface area contributed by atoms with Crippen LogP contribution in [0.2, 0.25) is 0 Å². The number of aryl methyl sites for hydroxylation is 1. The quantitative estimate of drug-likeness (QED) is 0.750. The normalized spacial score (nSPS) is 23.1. The highest BCUT2D eigenvalue weighted by molar-refractivity contribution is 7.89. The average molecular weight is 461 g/mol. The molecule has 2 aromatic rings. The molecule has 2 aromatic carbocycles. The van der Waals surface area contributed by atoms with Gasteiger partial charge in [-0.15, -0.1) is 0 Å². The Hall–Kier alpha value is -2.45. The van der Waals surface area contributed by atoms with Crippen LogP contribution in [0.25, 0.3) is 0 Å². The van der Waals surface area contributed by atoms with Gasteiger partial charge in [0.15, 0.2) is 0 Å². The van der Waals surface area contributed by atoms with Gasteiger partial charge in [0.25, 0.3) is 0 Å². The molecule has 1 N–H and O–H groups in total. The van der Waals surface area contributed by atoms with Crippen LogP contribution in [-0.2, 0) is 14.8 Å². The Morgan fingerprint density at radius 2 is 1.91 bits per heavy atom. The van der Waals surface area contributed by atoms with E-state index in [2.05, 4.69) is 5.32 Å². The van der Waals surface area contributed by atoms with Crippen molar-refractivity contribution in [3.8, 4) is 5.75 Å². The van der Waals surface area contributed by atoms with Crippen molar-refractivity contribution >= 4 is 15.9 Å². The van der Waals surface area contributed by atoms with E-state index in [0.29, 0.717) is 25.8 Å². The van der Waals surface area contributed by atoms with E-state index in [-0.39, 0.29) is 23.4 Å². The molecule has 2 aliphatic heterocycles. The van der Waals surface area contributed by atoms with Gasteiger partial charge in [-0.05, 0) is 63.9 Å². The largest absolute Gasteiger partial charge is 0.487 e. The van der Waals surface area contributed by atoms with Gasteiger partial charge in [-0.25, -0.2) is 12.8 Å². The molecule has 8 heteroatoms. The lowest BCUT2D eigenvalue weighted by molar-refractivity contribution is -0.127. The number of benzene rings is 2. The maximum atomic E-state index is 13.2. The van der Waals surface area contributed by atoms with Crippen LogP contribution in [-0.4, -0.2) is 37.3 Å². The molecule has 1 amide bonds. The number of carbonyl (C=O) groups is 1. The van der Waals surface area contributed by atoms with Crippen LogP contribution in [0, 0.1) is 18.7 Å². The Morgan fingerprint density at radius 1 is 1.19 bits per heavy atom. The smallest absolute Gasteiger partial charge is 0.243 e. The predicted octanol–water partition coefficient (Wildman–Crippen LogP) is 3.95. The molecule has 32 heavy (non-hydrogen) atoms. The SMILES string of the molecule is Cc1ccc2c(c1)C(NC(=O)C1CCCN(S(=O)(=O)c3ccc(F)cc3)C1)CC(C)(C)O2. The number of carbonyl (C=O) groups excluding carboxylic acids is 1. The molecular formula is C24H29FN2O4S. The highest BCUT2D eigenvalue weighted by Gasteiger charge is 2.38. The Kier molecular flexibility index (Phi) is 6.02. The number of hydrogen-bond donors (Lipinski definition) is 1. The number of piperidine rings is 1. The molecule has 0 spiro atoms. The molecule has 2 aliphatic rings. The molecule has 0 saturated carbocycles. The third-order valence-electron chi connectivity index (χ3n) is 6.15. The number of nitrogens with zero attached hydrogens (tertiary/aromatic N) is 1. The summed E-state index contributed by atoms with van der Waals surface area (Å²) in [7, 11) is -3.78. The third kappa shape index (κ3) is 4.66. The summed E-state index contributed by atoms with van der Waals surface area (Å²) in [6.07, 6.45) is 1.83. The van der Waals surface area contributed by atoms with E-state index in [9.17, 15) is 17.6 Å². The molecule has 0 aliphatic carbocycles. The standard InChI is InChI=1S/C24H29FN2O4S/c1-16-6-11-22-20(13-16)21(14-24(2,3)31-22)26-23(28)17-5-4-12-27(15-17)32(29,30)19-9-7-18(25)8-10-19/h6-11,13,17,21H,4-5,12,14-15H2,1-3H3,(H,26,28). The molecular weight excluding hydrogens is 431 g/mol. The minimum absolute atomic E-state index is 0.0375. The summed E-state index contributed by atoms with van der Waals surface area (Å²) >= 11 is 0. The van der Waals surface area contributed by atoms with Crippen LogP contribution >= 0.6 is 0 Å². The van der Waals surface area contributed by atoms with E-state index in [1.165, 1.54) is 16.4 Å². The number of rotatable bonds is 4. The third-order valence-corrected chi connectivity index (χ3v) is 8.02. The fourth-order valence-electron chi connectivity index (χ4n) is 4.52. The van der Waals surface area contributed by atoms with Crippen molar-refractivity contribution in [2.75, 3.05) is 13.1 Å². The minimum atomic E-state index is -3.78. The van der Waals surface area contributed by atoms with Crippen LogP contribution in [0.1, 0.15) is 50.3 Å². The van der Waals surface area contributed by atoms with Crippen molar-refractivity contribution < 1.29 is 22.3 Å². The van der Waals surface area contributed by atoms with Crippen LogP contribution in [0.5, 0.6) is 5.75 Å². The van der Waals surface area contributed by atoms with Crippen molar-refractivity contribution in [3.05, 3.63) is 59.4 Å². The van der Waals surface area contributed by atoms with E-state index >= 15 is 0 Å². The molecule has 0 aromatic heterocycles. The summed E-state index contributed by atoms with van der Waals surface area (Å²) in [5.74, 6) is -0.326. The molecule has 1 fully saturated rings. The van der Waals surface area contributed by atoms with E-state index < -0.39 is 27.4 Å². The maximum absolute atomic E-state index is 13.2. The minimum Gasteiger partial charge on any atom is -0.487 e. The van der Waals surface area contributed by atoms with Crippen LogP contribution in [0.4, 0.5) is 4.39 Å². The van der Waals surface area contributed by atoms with Crippen molar-refractivity contribution in [3.63, 3.8) is 0 Å². The number of fused-ring (bicyclic) bond motifs is 1. The number of hydrogen-bond acceptors (Lipinski definition) is 4. The van der Waals surface area contributed by atoms with E-state index in [1.807, 2.05) is 39.0 Å². The number of halogens is 1. The summed E-state index contributed by atoms with van der Waals surface area (Å²) in [5, 5.41) is 3.16. The lowest BCUT2D eigenvalue weighted by Gasteiger charge is -2.39. The number of ether oxygens (including phenoxy) is 1. The van der Waals surface area contributed by atoms with Gasteiger partial charge in [0.1, 0.15) is 17.2 Å². The molecule has 0 bridgehead atoms. The molecule has 0 radical (unpaired) electrons. The van der Waals surface area contributed by atoms with Gasteiger partial charge in [-0.3, -0.25) is 4.79 Å². The number of amides is 1. The zero-order valence-corrected chi connectivity index (χ0v) is 19.4. The van der Waals surface area contributed by atoms with Gasteiger partial charge < -0.3 is 10.1 Å². The lowest BCUT2D eigenvalue weighted by Crippen LogP contribution is -2.48. The Morgan fingerprint density at radius 3 is 2.62 bits per heavy atom. The predicted molar refractivity (Wildman–Crippen MR) is 119 cm³/mol. The fraction of sp³-hybridized carbons (Fsp3) is 0.458. The monoisotopic (exact) mass is 460 g/mol. The molecule has 172 valence electrons. The summed E-state index contributed by atoms with van der Waals surface area (Å²) in [5.41, 5.74) is 1.61. The Balaban J connectivity index is 1.51. The first-order valence-electron chi connectivity index (χ1n) is 10.9. The maximum Gasteiger partial charge on any atom is 0.243 e. The summed E-state index contributed by atoms with van der Waals surface area (Å²) in [4.78, 5) is 13.2. The Bertz CT molecular complexity index is 1120. The number of sulfonamides is 1. The summed E-state index contributed by atoms with van der Waals surface area (Å²) < 4.78 is 46.6. The highest BCUT2D eigenvalue weighted by Crippen LogP contribution is 2.40. The average Bonchev–Trinajstić information content (AvgIpc) is 2.74. The lowest BCUT2D eigenvalue weighted by atomic mass is 9.88. The second-order valence-corrected chi connectivity index (χ2v) is 11.3. The first-order chi connectivity index (χ1) is 15.0. The molecule has 4 rings (SSSR count). The first-order valence-corrected chi connectivity index (χ1v) is 12.3. The van der Waals surface area contributed by atoms with Gasteiger partial charge in [-0.1, -0.05) is 17.7 Å². The van der Waals surface area contributed by atoms with Crippen molar-refractivity contribution in [2.24, 2.45) is 5.92 Å². The number of nitrogens with one attached hydrogen (secondary N) is 1. The van der Waals surface area contributed by atoms with Gasteiger partial charge >= 0.3 is 0 Å². The zero-order valence-electron chi connectivity index (χ0n) is 18.6. The van der Waals surface area contributed by atoms with Gasteiger partial charge in [0.2, 0.25) is 15.9 Å². The molecule has 1 saturated heterocycles. The Labute approximate surface area is 188 Å². The van der Waals surface area contributed by atoms with Crippen LogP contribution < -0.4 is 10.1 Å². The topological polar surface area (TPSA) is 75.7 Å². The summed E-state index contributed by atoms with van der Waals surface area (Å²) in [6, 6.07) is 10.5. The highest BCUT2D eigenvalue weighted by atomic mass is 32.2. The van der Waals surface area contributed by atoms with Gasteiger partial charge in [0.05, 0.1) is 16.9 Å². The van der Waals surface area contributed by atoms with Crippen molar-refractivity contribution in [1.82, 2.24) is 9.62 Å². The van der Waals surface area contributed by atoms with Gasteiger partial charge in [0, 0.05) is 25.1 Å².